The second-order valence-electron chi connectivity index (χ2n) is 5.18. The van der Waals surface area contributed by atoms with Crippen molar-refractivity contribution in [3.8, 4) is 0 Å². The van der Waals surface area contributed by atoms with E-state index in [1.54, 1.807) is 0 Å². The van der Waals surface area contributed by atoms with Crippen LogP contribution in [-0.2, 0) is 4.74 Å². The van der Waals surface area contributed by atoms with Crippen LogP contribution in [-0.4, -0.2) is 12.7 Å². The molecule has 1 nitrogen and oxygen atoms in total. The Balaban J connectivity index is 2.03. The van der Waals surface area contributed by atoms with Crippen molar-refractivity contribution in [3.63, 3.8) is 0 Å². The molecule has 1 heteroatoms. The Morgan fingerprint density at radius 2 is 1.44 bits per heavy atom. The number of hydrogen-bond donors (Lipinski definition) is 0. The van der Waals surface area contributed by atoms with Gasteiger partial charge in [0, 0.05) is 5.92 Å². The van der Waals surface area contributed by atoms with Gasteiger partial charge in [-0.2, -0.15) is 0 Å². The lowest BCUT2D eigenvalue weighted by molar-refractivity contribution is 0.389. The normalized spacial score (nSPS) is 18.1. The van der Waals surface area contributed by atoms with Gasteiger partial charge in [-0.25, -0.2) is 0 Å². The number of epoxide rings is 1. The summed E-state index contributed by atoms with van der Waals surface area (Å²) in [7, 11) is 0. The van der Waals surface area contributed by atoms with E-state index >= 15 is 0 Å². The monoisotopic (exact) mass is 238 g/mol. The highest BCUT2D eigenvalue weighted by molar-refractivity contribution is 5.38. The molecule has 2 aromatic carbocycles. The number of rotatable bonds is 3. The first-order chi connectivity index (χ1) is 8.74. The van der Waals surface area contributed by atoms with Crippen molar-refractivity contribution in [3.05, 3.63) is 70.8 Å². The molecule has 1 atom stereocenters. The van der Waals surface area contributed by atoms with Gasteiger partial charge in [0.2, 0.25) is 0 Å². The van der Waals surface area contributed by atoms with Crippen LogP contribution >= 0.6 is 0 Å². The summed E-state index contributed by atoms with van der Waals surface area (Å²) in [5.41, 5.74) is 5.35. The minimum absolute atomic E-state index is 0.355. The van der Waals surface area contributed by atoms with Gasteiger partial charge in [-0.05, 0) is 25.0 Å². The predicted molar refractivity (Wildman–Crippen MR) is 73.9 cm³/mol. The molecule has 0 radical (unpaired) electrons. The Morgan fingerprint density at radius 1 is 0.944 bits per heavy atom. The molecule has 1 aliphatic heterocycles. The second kappa shape index (κ2) is 4.58. The SMILES string of the molecule is Cc1cccc(C(c2cccc(C)c2)C2CO2)c1. The van der Waals surface area contributed by atoms with E-state index in [1.807, 2.05) is 0 Å². The fourth-order valence-corrected chi connectivity index (χ4v) is 2.60. The van der Waals surface area contributed by atoms with E-state index in [9.17, 15) is 0 Å². The van der Waals surface area contributed by atoms with Gasteiger partial charge < -0.3 is 4.74 Å². The zero-order valence-corrected chi connectivity index (χ0v) is 10.9. The fraction of sp³-hybridized carbons (Fsp3) is 0.294. The summed E-state index contributed by atoms with van der Waals surface area (Å²) in [6.07, 6.45) is 0.355. The summed E-state index contributed by atoms with van der Waals surface area (Å²) in [6.45, 7) is 5.17. The van der Waals surface area contributed by atoms with E-state index in [1.165, 1.54) is 22.3 Å². The van der Waals surface area contributed by atoms with Crippen LogP contribution in [0.4, 0.5) is 0 Å². The quantitative estimate of drug-likeness (QED) is 0.740. The zero-order chi connectivity index (χ0) is 12.5. The van der Waals surface area contributed by atoms with Crippen LogP contribution in [0.15, 0.2) is 48.5 Å². The highest BCUT2D eigenvalue weighted by Crippen LogP contribution is 2.36. The first-order valence-electron chi connectivity index (χ1n) is 6.49. The highest BCUT2D eigenvalue weighted by atomic mass is 16.6. The molecule has 0 spiro atoms. The van der Waals surface area contributed by atoms with Crippen molar-refractivity contribution >= 4 is 0 Å². The molecule has 18 heavy (non-hydrogen) atoms. The number of ether oxygens (including phenoxy) is 1. The van der Waals surface area contributed by atoms with Gasteiger partial charge in [0.05, 0.1) is 12.7 Å². The molecular formula is C17H18O. The highest BCUT2D eigenvalue weighted by Gasteiger charge is 2.34. The smallest absolute Gasteiger partial charge is 0.0918 e. The summed E-state index contributed by atoms with van der Waals surface area (Å²) in [4.78, 5) is 0. The van der Waals surface area contributed by atoms with Crippen LogP contribution in [0, 0.1) is 13.8 Å². The Labute approximate surface area is 108 Å². The third kappa shape index (κ3) is 2.32. The fourth-order valence-electron chi connectivity index (χ4n) is 2.60. The topological polar surface area (TPSA) is 12.5 Å². The lowest BCUT2D eigenvalue weighted by Gasteiger charge is -2.16. The van der Waals surface area contributed by atoms with Gasteiger partial charge in [-0.1, -0.05) is 59.7 Å². The molecule has 1 fully saturated rings. The molecule has 1 unspecified atom stereocenters. The number of aryl methyl sites for hydroxylation is 2. The summed E-state index contributed by atoms with van der Waals surface area (Å²) >= 11 is 0. The Kier molecular flexibility index (Phi) is 2.92. The molecule has 92 valence electrons. The largest absolute Gasteiger partial charge is 0.372 e. The van der Waals surface area contributed by atoms with Crippen LogP contribution in [0.1, 0.15) is 28.2 Å². The first kappa shape index (κ1) is 11.5. The van der Waals surface area contributed by atoms with E-state index in [4.69, 9.17) is 4.74 Å². The van der Waals surface area contributed by atoms with Crippen molar-refractivity contribution in [2.24, 2.45) is 0 Å². The average Bonchev–Trinajstić information content (AvgIpc) is 3.14. The van der Waals surface area contributed by atoms with E-state index in [0.717, 1.165) is 6.61 Å². The maximum absolute atomic E-state index is 5.56. The van der Waals surface area contributed by atoms with Crippen molar-refractivity contribution < 1.29 is 4.74 Å². The Morgan fingerprint density at radius 3 is 1.83 bits per heavy atom. The first-order valence-corrected chi connectivity index (χ1v) is 6.49. The van der Waals surface area contributed by atoms with Crippen LogP contribution in [0.2, 0.25) is 0 Å². The zero-order valence-electron chi connectivity index (χ0n) is 10.9. The van der Waals surface area contributed by atoms with Gasteiger partial charge in [-0.3, -0.25) is 0 Å². The molecule has 2 aromatic rings. The van der Waals surface area contributed by atoms with Crippen LogP contribution in [0.25, 0.3) is 0 Å². The summed E-state index contributed by atoms with van der Waals surface area (Å²) in [5, 5.41) is 0. The second-order valence-corrected chi connectivity index (χ2v) is 5.18. The van der Waals surface area contributed by atoms with Crippen molar-refractivity contribution in [1.82, 2.24) is 0 Å². The van der Waals surface area contributed by atoms with Crippen molar-refractivity contribution in [2.45, 2.75) is 25.9 Å². The Bertz CT molecular complexity index is 510. The van der Waals surface area contributed by atoms with Gasteiger partial charge >= 0.3 is 0 Å². The van der Waals surface area contributed by atoms with Crippen LogP contribution in [0.3, 0.4) is 0 Å². The summed E-state index contributed by atoms with van der Waals surface area (Å²) in [6, 6.07) is 17.5. The average molecular weight is 238 g/mol. The summed E-state index contributed by atoms with van der Waals surface area (Å²) in [5.74, 6) is 0.379. The summed E-state index contributed by atoms with van der Waals surface area (Å²) < 4.78 is 5.56. The van der Waals surface area contributed by atoms with Gasteiger partial charge in [-0.15, -0.1) is 0 Å². The van der Waals surface area contributed by atoms with Gasteiger partial charge in [0.15, 0.2) is 0 Å². The van der Waals surface area contributed by atoms with E-state index in [0.29, 0.717) is 12.0 Å². The van der Waals surface area contributed by atoms with Crippen molar-refractivity contribution in [1.29, 1.82) is 0 Å². The predicted octanol–water partition coefficient (Wildman–Crippen LogP) is 3.83. The minimum atomic E-state index is 0.355. The molecule has 0 amide bonds. The van der Waals surface area contributed by atoms with Gasteiger partial charge in [0.25, 0.3) is 0 Å². The molecule has 1 saturated heterocycles. The maximum Gasteiger partial charge on any atom is 0.0918 e. The van der Waals surface area contributed by atoms with E-state index in [-0.39, 0.29) is 0 Å². The molecule has 3 rings (SSSR count). The molecule has 1 aliphatic rings. The third-order valence-electron chi connectivity index (χ3n) is 3.53. The lowest BCUT2D eigenvalue weighted by Crippen LogP contribution is -2.08. The Hall–Kier alpha value is -1.60. The molecule has 1 heterocycles. The van der Waals surface area contributed by atoms with Gasteiger partial charge in [0.1, 0.15) is 0 Å². The third-order valence-corrected chi connectivity index (χ3v) is 3.53. The lowest BCUT2D eigenvalue weighted by atomic mass is 9.87. The van der Waals surface area contributed by atoms with Crippen LogP contribution < -0.4 is 0 Å². The molecule has 0 N–H and O–H groups in total. The molecule has 0 aliphatic carbocycles. The molecular weight excluding hydrogens is 220 g/mol. The van der Waals surface area contributed by atoms with Crippen LogP contribution in [0.5, 0.6) is 0 Å². The maximum atomic E-state index is 5.56. The van der Waals surface area contributed by atoms with E-state index in [2.05, 4.69) is 62.4 Å². The number of benzene rings is 2. The van der Waals surface area contributed by atoms with Crippen molar-refractivity contribution in [2.75, 3.05) is 6.61 Å². The molecule has 0 saturated carbocycles. The standard InChI is InChI=1S/C17H18O/c1-12-5-3-7-14(9-12)17(16-11-18-16)15-8-4-6-13(2)10-15/h3-10,16-17H,11H2,1-2H3. The number of hydrogen-bond acceptors (Lipinski definition) is 1. The molecule has 0 aromatic heterocycles. The minimum Gasteiger partial charge on any atom is -0.372 e. The molecule has 0 bridgehead atoms. The van der Waals surface area contributed by atoms with E-state index < -0.39 is 0 Å².